The molecule has 0 saturated carbocycles. The molecule has 246 valence electrons. The Morgan fingerprint density at radius 2 is 1.85 bits per heavy atom. The molecule has 14 nitrogen and oxygen atoms in total. The van der Waals surface area contributed by atoms with Crippen LogP contribution >= 0.6 is 0 Å². The number of piperidine rings is 1. The number of nitrogens with one attached hydrogen (secondary N) is 1. The van der Waals surface area contributed by atoms with Gasteiger partial charge in [0.1, 0.15) is 35.8 Å². The van der Waals surface area contributed by atoms with Gasteiger partial charge in [-0.2, -0.15) is 10.2 Å². The number of hydrogen-bond acceptors (Lipinski definition) is 13. The fraction of sp³-hybridized carbons (Fsp3) is 0.364. The third-order valence-electron chi connectivity index (χ3n) is 8.79. The summed E-state index contributed by atoms with van der Waals surface area (Å²) in [6.45, 7) is 5.76. The molecule has 2 unspecified atom stereocenters. The van der Waals surface area contributed by atoms with E-state index in [-0.39, 0.29) is 42.3 Å². The molecule has 3 aliphatic rings. The van der Waals surface area contributed by atoms with Crippen LogP contribution in [0, 0.1) is 11.3 Å². The van der Waals surface area contributed by atoms with Crippen LogP contribution in [0.15, 0.2) is 61.2 Å². The third-order valence-corrected chi connectivity index (χ3v) is 8.79. The molecule has 3 saturated heterocycles. The van der Waals surface area contributed by atoms with E-state index in [1.807, 2.05) is 12.1 Å². The number of carbonyl (C=O) groups is 1. The fourth-order valence-corrected chi connectivity index (χ4v) is 6.03. The summed E-state index contributed by atoms with van der Waals surface area (Å²) in [6.07, 6.45) is 1.94. The van der Waals surface area contributed by atoms with E-state index in [1.165, 1.54) is 29.3 Å². The maximum Gasteiger partial charge on any atom is 0.274 e. The molecular formula is C33H34FN11O3. The maximum atomic E-state index is 15.2. The first kappa shape index (κ1) is 31.2. The van der Waals surface area contributed by atoms with Crippen molar-refractivity contribution in [2.24, 2.45) is 0 Å². The second-order valence-corrected chi connectivity index (χ2v) is 11.9. The first-order valence-corrected chi connectivity index (χ1v) is 15.8. The standard InChI is InChI=1S/C33H34FN11O3/c34-26-17-45(32(46)27-15-37-16-30(36)41-27)8-7-29(26)48-28-6-1-21(13-22(28)14-35)31-38-20-39-33(42-31)40-23-2-4-24(5-3-23)43-9-11-44(12-10-43)25-18-47-19-25/h1-6,13,15-16,20,25-26,29H,7-12,17-19H2,(H2,36,41)(H,38,39,40,42). The monoisotopic (exact) mass is 651 g/mol. The van der Waals surface area contributed by atoms with Gasteiger partial charge >= 0.3 is 0 Å². The van der Waals surface area contributed by atoms with Gasteiger partial charge in [-0.05, 0) is 42.5 Å². The van der Waals surface area contributed by atoms with Crippen molar-refractivity contribution >= 4 is 29.0 Å². The maximum absolute atomic E-state index is 15.2. The number of ether oxygens (including phenoxy) is 2. The zero-order valence-electron chi connectivity index (χ0n) is 26.1. The van der Waals surface area contributed by atoms with Crippen LogP contribution in [0.5, 0.6) is 5.75 Å². The van der Waals surface area contributed by atoms with Gasteiger partial charge in [0.25, 0.3) is 5.91 Å². The second kappa shape index (κ2) is 13.7. The highest BCUT2D eigenvalue weighted by Gasteiger charge is 2.34. The normalized spacial score (nSPS) is 20.1. The van der Waals surface area contributed by atoms with E-state index in [2.05, 4.69) is 58.2 Å². The molecule has 0 aliphatic carbocycles. The van der Waals surface area contributed by atoms with Crippen molar-refractivity contribution in [3.8, 4) is 23.2 Å². The number of halogens is 1. The van der Waals surface area contributed by atoms with Crippen molar-refractivity contribution in [1.29, 1.82) is 5.26 Å². The Balaban J connectivity index is 0.964. The molecular weight excluding hydrogens is 617 g/mol. The minimum Gasteiger partial charge on any atom is -0.486 e. The van der Waals surface area contributed by atoms with E-state index in [0.717, 1.165) is 45.1 Å². The number of nitrogens with two attached hydrogens (primary N) is 1. The fourth-order valence-electron chi connectivity index (χ4n) is 6.03. The number of hydrogen-bond donors (Lipinski definition) is 2. The summed E-state index contributed by atoms with van der Waals surface area (Å²) in [5.41, 5.74) is 8.47. The number of nitrogen functional groups attached to an aromatic ring is 1. The highest BCUT2D eigenvalue weighted by molar-refractivity contribution is 5.92. The van der Waals surface area contributed by atoms with Gasteiger partial charge in [-0.3, -0.25) is 14.7 Å². The number of anilines is 4. The van der Waals surface area contributed by atoms with Gasteiger partial charge in [-0.1, -0.05) is 0 Å². The highest BCUT2D eigenvalue weighted by atomic mass is 19.1. The lowest BCUT2D eigenvalue weighted by atomic mass is 10.0. The molecule has 15 heteroatoms. The number of nitriles is 1. The molecule has 3 N–H and O–H groups in total. The summed E-state index contributed by atoms with van der Waals surface area (Å²) in [6, 6.07) is 15.8. The largest absolute Gasteiger partial charge is 0.486 e. The van der Waals surface area contributed by atoms with Crippen LogP contribution in [-0.2, 0) is 4.74 Å². The second-order valence-electron chi connectivity index (χ2n) is 11.9. The van der Waals surface area contributed by atoms with Crippen LogP contribution in [0.1, 0.15) is 22.5 Å². The Bertz CT molecular complexity index is 1810. The molecule has 1 amide bonds. The number of carbonyl (C=O) groups excluding carboxylic acids is 1. The lowest BCUT2D eigenvalue weighted by Crippen LogP contribution is -2.56. The Hall–Kier alpha value is -5.46. The summed E-state index contributed by atoms with van der Waals surface area (Å²) in [5, 5.41) is 13.1. The average Bonchev–Trinajstić information content (AvgIpc) is 3.09. The Labute approximate surface area is 276 Å². The molecule has 48 heavy (non-hydrogen) atoms. The minimum absolute atomic E-state index is 0.0543. The topological polar surface area (TPSA) is 172 Å². The number of amides is 1. The van der Waals surface area contributed by atoms with Crippen molar-refractivity contribution in [2.75, 3.05) is 68.4 Å². The summed E-state index contributed by atoms with van der Waals surface area (Å²) in [5.74, 6) is 0.612. The third kappa shape index (κ3) is 6.80. The number of rotatable bonds is 8. The van der Waals surface area contributed by atoms with Crippen molar-refractivity contribution < 1.29 is 18.7 Å². The summed E-state index contributed by atoms with van der Waals surface area (Å²) < 4.78 is 26.5. The lowest BCUT2D eigenvalue weighted by Gasteiger charge is -2.43. The number of likely N-dealkylation sites (tertiary alicyclic amines) is 1. The smallest absolute Gasteiger partial charge is 0.274 e. The van der Waals surface area contributed by atoms with Crippen LogP contribution in [-0.4, -0.2) is 111 Å². The minimum atomic E-state index is -1.48. The van der Waals surface area contributed by atoms with Crippen molar-refractivity contribution in [2.45, 2.75) is 24.7 Å². The van der Waals surface area contributed by atoms with Gasteiger partial charge in [0.2, 0.25) is 5.95 Å². The van der Waals surface area contributed by atoms with Crippen LogP contribution in [0.3, 0.4) is 0 Å². The van der Waals surface area contributed by atoms with Gasteiger partial charge < -0.3 is 30.3 Å². The molecule has 0 bridgehead atoms. The zero-order valence-corrected chi connectivity index (χ0v) is 26.1. The zero-order chi connectivity index (χ0) is 33.0. The number of alkyl halides is 1. The predicted octanol–water partition coefficient (Wildman–Crippen LogP) is 2.68. The van der Waals surface area contributed by atoms with Gasteiger partial charge in [0.05, 0.1) is 43.8 Å². The predicted molar refractivity (Wildman–Crippen MR) is 174 cm³/mol. The molecule has 2 atom stereocenters. The van der Waals surface area contributed by atoms with E-state index in [1.54, 1.807) is 18.2 Å². The van der Waals surface area contributed by atoms with Crippen LogP contribution in [0.25, 0.3) is 11.4 Å². The molecule has 0 radical (unpaired) electrons. The first-order chi connectivity index (χ1) is 23.4. The number of aromatic nitrogens is 5. The van der Waals surface area contributed by atoms with E-state index < -0.39 is 18.2 Å². The molecule has 4 aromatic rings. The quantitative estimate of drug-likeness (QED) is 0.285. The first-order valence-electron chi connectivity index (χ1n) is 15.8. The van der Waals surface area contributed by atoms with E-state index in [9.17, 15) is 10.1 Å². The molecule has 2 aromatic carbocycles. The van der Waals surface area contributed by atoms with Crippen molar-refractivity contribution in [3.05, 3.63) is 72.4 Å². The van der Waals surface area contributed by atoms with Crippen LogP contribution in [0.2, 0.25) is 0 Å². The SMILES string of the molecule is N#Cc1cc(-c2ncnc(Nc3ccc(N4CCN(C5COC5)CC4)cc3)n2)ccc1OC1CCN(C(=O)c2cncc(N)n2)CC1F. The van der Waals surface area contributed by atoms with Gasteiger partial charge in [0.15, 0.2) is 12.0 Å². The highest BCUT2D eigenvalue weighted by Crippen LogP contribution is 2.29. The van der Waals surface area contributed by atoms with Gasteiger partial charge in [-0.25, -0.2) is 19.3 Å². The van der Waals surface area contributed by atoms with Gasteiger partial charge in [0, 0.05) is 56.1 Å². The van der Waals surface area contributed by atoms with E-state index in [4.69, 9.17) is 15.2 Å². The Morgan fingerprint density at radius 1 is 1.04 bits per heavy atom. The van der Waals surface area contributed by atoms with Crippen LogP contribution in [0.4, 0.5) is 27.5 Å². The molecule has 0 spiro atoms. The number of nitrogens with zero attached hydrogens (tertiary/aromatic N) is 9. The summed E-state index contributed by atoms with van der Waals surface area (Å²) in [4.78, 5) is 40.0. The summed E-state index contributed by atoms with van der Waals surface area (Å²) in [7, 11) is 0. The van der Waals surface area contributed by atoms with Crippen LogP contribution < -0.4 is 20.7 Å². The lowest BCUT2D eigenvalue weighted by molar-refractivity contribution is -0.0660. The molecule has 3 fully saturated rings. The number of benzene rings is 2. The van der Waals surface area contributed by atoms with E-state index >= 15 is 4.39 Å². The Morgan fingerprint density at radius 3 is 2.56 bits per heavy atom. The molecule has 5 heterocycles. The summed E-state index contributed by atoms with van der Waals surface area (Å²) >= 11 is 0. The number of piperazine rings is 1. The van der Waals surface area contributed by atoms with Gasteiger partial charge in [-0.15, -0.1) is 0 Å². The van der Waals surface area contributed by atoms with E-state index in [0.29, 0.717) is 23.4 Å². The van der Waals surface area contributed by atoms with Crippen molar-refractivity contribution in [3.63, 3.8) is 0 Å². The molecule has 7 rings (SSSR count). The Kier molecular flexibility index (Phi) is 8.91. The molecule has 3 aliphatic heterocycles. The molecule has 2 aromatic heterocycles. The average molecular weight is 652 g/mol. The van der Waals surface area contributed by atoms with Crippen molar-refractivity contribution in [1.82, 2.24) is 34.7 Å².